The number of carbonyl (C=O) groups is 2. The number of carbonyl (C=O) groups excluding carboxylic acids is 2. The molecule has 0 saturated carbocycles. The van der Waals surface area contributed by atoms with Gasteiger partial charge in [0.1, 0.15) is 17.1 Å². The number of fused-ring (bicyclic) bond motifs is 1. The summed E-state index contributed by atoms with van der Waals surface area (Å²) in [4.78, 5) is 23.3. The third-order valence-corrected chi connectivity index (χ3v) is 3.36. The lowest BCUT2D eigenvalue weighted by molar-refractivity contribution is -0.121. The van der Waals surface area contributed by atoms with Crippen LogP contribution >= 0.6 is 0 Å². The van der Waals surface area contributed by atoms with E-state index in [-0.39, 0.29) is 36.7 Å². The molecule has 8 heteroatoms. The Morgan fingerprint density at radius 3 is 2.86 bits per heavy atom. The zero-order valence-electron chi connectivity index (χ0n) is 12.4. The fourth-order valence-corrected chi connectivity index (χ4v) is 2.26. The molecular formula is C14H17BFNO5. The summed E-state index contributed by atoms with van der Waals surface area (Å²) in [6.45, 7) is 3.39. The largest absolute Gasteiger partial charge is 0.547 e. The third-order valence-electron chi connectivity index (χ3n) is 3.36. The minimum absolute atomic E-state index is 0.0343. The van der Waals surface area contributed by atoms with E-state index in [1.807, 2.05) is 0 Å². The van der Waals surface area contributed by atoms with E-state index < -0.39 is 24.8 Å². The van der Waals surface area contributed by atoms with Crippen molar-refractivity contribution >= 4 is 19.0 Å². The SMILES string of the molecule is CCOC(=O)c1c(F)ccc2c1OB(O)[C@@H](NC(=O)CC)C2. The average Bonchev–Trinajstić information content (AvgIpc) is 2.48. The van der Waals surface area contributed by atoms with Gasteiger partial charge in [0, 0.05) is 6.42 Å². The van der Waals surface area contributed by atoms with Gasteiger partial charge in [-0.15, -0.1) is 0 Å². The van der Waals surface area contributed by atoms with Crippen LogP contribution in [0.4, 0.5) is 4.39 Å². The zero-order chi connectivity index (χ0) is 16.3. The number of nitrogens with one attached hydrogen (secondary N) is 1. The summed E-state index contributed by atoms with van der Waals surface area (Å²) in [5, 5.41) is 12.6. The van der Waals surface area contributed by atoms with Crippen LogP contribution in [0, 0.1) is 5.82 Å². The fourth-order valence-electron chi connectivity index (χ4n) is 2.26. The molecule has 0 bridgehead atoms. The van der Waals surface area contributed by atoms with Crippen LogP contribution in [0.5, 0.6) is 5.75 Å². The molecule has 118 valence electrons. The minimum Gasteiger partial charge on any atom is -0.534 e. The van der Waals surface area contributed by atoms with Gasteiger partial charge in [0.05, 0.1) is 12.5 Å². The number of halogens is 1. The molecule has 0 aromatic heterocycles. The minimum atomic E-state index is -1.36. The second kappa shape index (κ2) is 6.78. The summed E-state index contributed by atoms with van der Waals surface area (Å²) in [6.07, 6.45) is 0.502. The van der Waals surface area contributed by atoms with Crippen molar-refractivity contribution in [1.29, 1.82) is 0 Å². The molecule has 0 radical (unpaired) electrons. The Morgan fingerprint density at radius 1 is 1.50 bits per heavy atom. The number of benzene rings is 1. The summed E-state index contributed by atoms with van der Waals surface area (Å²) in [7, 11) is -1.36. The Bertz CT molecular complexity index is 595. The van der Waals surface area contributed by atoms with E-state index in [9.17, 15) is 19.0 Å². The Kier molecular flexibility index (Phi) is 5.02. The van der Waals surface area contributed by atoms with Gasteiger partial charge in [0.25, 0.3) is 0 Å². The van der Waals surface area contributed by atoms with Gasteiger partial charge < -0.3 is 19.7 Å². The highest BCUT2D eigenvalue weighted by molar-refractivity contribution is 6.47. The summed E-state index contributed by atoms with van der Waals surface area (Å²) in [5.74, 6) is -2.54. The average molecular weight is 309 g/mol. The lowest BCUT2D eigenvalue weighted by atomic mass is 9.72. The van der Waals surface area contributed by atoms with Crippen LogP contribution in [0.15, 0.2) is 12.1 Å². The maximum atomic E-state index is 13.9. The molecule has 1 aromatic carbocycles. The van der Waals surface area contributed by atoms with Crippen LogP contribution in [-0.2, 0) is 16.0 Å². The molecule has 1 aromatic rings. The molecule has 6 nitrogen and oxygen atoms in total. The molecule has 2 N–H and O–H groups in total. The first-order valence-electron chi connectivity index (χ1n) is 7.10. The first-order chi connectivity index (χ1) is 10.5. The van der Waals surface area contributed by atoms with Gasteiger partial charge in [-0.2, -0.15) is 0 Å². The van der Waals surface area contributed by atoms with E-state index in [1.165, 1.54) is 6.07 Å². The highest BCUT2D eigenvalue weighted by atomic mass is 19.1. The number of hydrogen-bond donors (Lipinski definition) is 2. The monoisotopic (exact) mass is 309 g/mol. The predicted octanol–water partition coefficient (Wildman–Crippen LogP) is 0.852. The fraction of sp³-hybridized carbons (Fsp3) is 0.429. The number of rotatable bonds is 4. The Hall–Kier alpha value is -2.09. The molecule has 0 unspecified atom stereocenters. The summed E-state index contributed by atoms with van der Waals surface area (Å²) in [5.41, 5.74) is 0.190. The lowest BCUT2D eigenvalue weighted by Gasteiger charge is -2.29. The molecule has 1 amide bonds. The van der Waals surface area contributed by atoms with Crippen molar-refractivity contribution in [3.05, 3.63) is 29.1 Å². The highest BCUT2D eigenvalue weighted by Gasteiger charge is 2.38. The zero-order valence-corrected chi connectivity index (χ0v) is 12.4. The second-order valence-electron chi connectivity index (χ2n) is 4.87. The van der Waals surface area contributed by atoms with Crippen molar-refractivity contribution in [2.45, 2.75) is 32.6 Å². The highest BCUT2D eigenvalue weighted by Crippen LogP contribution is 2.32. The van der Waals surface area contributed by atoms with Gasteiger partial charge in [0.15, 0.2) is 0 Å². The van der Waals surface area contributed by atoms with Gasteiger partial charge in [-0.1, -0.05) is 13.0 Å². The smallest absolute Gasteiger partial charge is 0.534 e. The van der Waals surface area contributed by atoms with E-state index in [4.69, 9.17) is 9.39 Å². The molecule has 22 heavy (non-hydrogen) atoms. The molecule has 0 saturated heterocycles. The summed E-state index contributed by atoms with van der Waals surface area (Å²) in [6, 6.07) is 2.61. The van der Waals surface area contributed by atoms with Crippen molar-refractivity contribution in [3.8, 4) is 5.75 Å². The second-order valence-corrected chi connectivity index (χ2v) is 4.87. The summed E-state index contributed by atoms with van der Waals surface area (Å²) >= 11 is 0. The molecule has 1 aliphatic rings. The van der Waals surface area contributed by atoms with E-state index in [2.05, 4.69) is 5.32 Å². The van der Waals surface area contributed by atoms with Gasteiger partial charge in [-0.25, -0.2) is 9.18 Å². The predicted molar refractivity (Wildman–Crippen MR) is 76.9 cm³/mol. The van der Waals surface area contributed by atoms with E-state index >= 15 is 0 Å². The molecule has 1 aliphatic heterocycles. The van der Waals surface area contributed by atoms with E-state index in [1.54, 1.807) is 13.8 Å². The van der Waals surface area contributed by atoms with Crippen LogP contribution in [0.1, 0.15) is 36.2 Å². The van der Waals surface area contributed by atoms with E-state index in [0.717, 1.165) is 6.07 Å². The molecular weight excluding hydrogens is 292 g/mol. The number of ether oxygens (including phenoxy) is 1. The normalized spacial score (nSPS) is 16.5. The van der Waals surface area contributed by atoms with Crippen molar-refractivity contribution in [1.82, 2.24) is 5.32 Å². The lowest BCUT2D eigenvalue weighted by Crippen LogP contribution is -2.53. The topological polar surface area (TPSA) is 84.9 Å². The molecule has 0 aliphatic carbocycles. The Balaban J connectivity index is 2.32. The van der Waals surface area contributed by atoms with Crippen molar-refractivity contribution in [3.63, 3.8) is 0 Å². The van der Waals surface area contributed by atoms with Crippen molar-refractivity contribution < 1.29 is 28.4 Å². The standard InChI is InChI=1S/C14H17BFNO5/c1-3-11(18)17-10-7-8-5-6-9(16)12(14(19)21-4-2)13(8)22-15(10)20/h5-6,10,20H,3-4,7H2,1-2H3,(H,17,18)/t10-/m0/s1. The van der Waals surface area contributed by atoms with Crippen LogP contribution in [-0.4, -0.2) is 36.6 Å². The third kappa shape index (κ3) is 3.22. The van der Waals surface area contributed by atoms with Gasteiger partial charge in [-0.3, -0.25) is 4.79 Å². The van der Waals surface area contributed by atoms with Gasteiger partial charge >= 0.3 is 13.1 Å². The molecule has 0 spiro atoms. The molecule has 1 heterocycles. The maximum Gasteiger partial charge on any atom is 0.547 e. The quantitative estimate of drug-likeness (QED) is 0.636. The Labute approximate surface area is 127 Å². The molecule has 0 fully saturated rings. The Morgan fingerprint density at radius 2 is 2.23 bits per heavy atom. The van der Waals surface area contributed by atoms with Crippen LogP contribution < -0.4 is 9.97 Å². The maximum absolute atomic E-state index is 13.9. The van der Waals surface area contributed by atoms with Crippen molar-refractivity contribution in [2.75, 3.05) is 6.61 Å². The van der Waals surface area contributed by atoms with Crippen molar-refractivity contribution in [2.24, 2.45) is 0 Å². The molecule has 2 rings (SSSR count). The van der Waals surface area contributed by atoms with Crippen LogP contribution in [0.2, 0.25) is 0 Å². The number of hydrogen-bond acceptors (Lipinski definition) is 5. The van der Waals surface area contributed by atoms with Crippen LogP contribution in [0.25, 0.3) is 0 Å². The first-order valence-corrected chi connectivity index (χ1v) is 7.10. The van der Waals surface area contributed by atoms with Crippen LogP contribution in [0.3, 0.4) is 0 Å². The number of esters is 1. The first kappa shape index (κ1) is 16.3. The molecule has 1 atom stereocenters. The number of amides is 1. The van der Waals surface area contributed by atoms with Gasteiger partial charge in [-0.05, 0) is 25.0 Å². The van der Waals surface area contributed by atoms with E-state index in [0.29, 0.717) is 5.56 Å². The van der Waals surface area contributed by atoms with Gasteiger partial charge in [0.2, 0.25) is 5.91 Å². The summed E-state index contributed by atoms with van der Waals surface area (Å²) < 4.78 is 24.0.